The number of alkyl halides is 1. The SMILES string of the molecule is CC(CCBr)CCn1cc(Br)cc([N+](=O)[O-])c1=O. The van der Waals surface area contributed by atoms with E-state index in [1.807, 2.05) is 0 Å². The second-order valence-electron chi connectivity index (χ2n) is 4.17. The number of hydrogen-bond donors (Lipinski definition) is 0. The molecule has 0 N–H and O–H groups in total. The summed E-state index contributed by atoms with van der Waals surface area (Å²) in [7, 11) is 0. The fraction of sp³-hybridized carbons (Fsp3) is 0.545. The van der Waals surface area contributed by atoms with Gasteiger partial charge >= 0.3 is 11.2 Å². The molecule has 0 aliphatic heterocycles. The van der Waals surface area contributed by atoms with Crippen molar-refractivity contribution in [3.63, 3.8) is 0 Å². The van der Waals surface area contributed by atoms with Gasteiger partial charge in [0.1, 0.15) is 0 Å². The maximum Gasteiger partial charge on any atom is 0.335 e. The van der Waals surface area contributed by atoms with Gasteiger partial charge in [-0.05, 0) is 34.7 Å². The van der Waals surface area contributed by atoms with Crippen LogP contribution in [0, 0.1) is 16.0 Å². The highest BCUT2D eigenvalue weighted by molar-refractivity contribution is 9.10. The first-order valence-corrected chi connectivity index (χ1v) is 7.47. The van der Waals surface area contributed by atoms with E-state index >= 15 is 0 Å². The van der Waals surface area contributed by atoms with Crippen LogP contribution in [0.25, 0.3) is 0 Å². The molecule has 1 heterocycles. The van der Waals surface area contributed by atoms with E-state index in [4.69, 9.17) is 0 Å². The van der Waals surface area contributed by atoms with Crippen molar-refractivity contribution in [2.75, 3.05) is 5.33 Å². The van der Waals surface area contributed by atoms with Crippen LogP contribution in [0.4, 0.5) is 5.69 Å². The molecule has 1 unspecified atom stereocenters. The number of aryl methyl sites for hydroxylation is 1. The maximum atomic E-state index is 11.8. The summed E-state index contributed by atoms with van der Waals surface area (Å²) in [4.78, 5) is 21.9. The molecule has 0 saturated heterocycles. The first-order chi connectivity index (χ1) is 8.45. The van der Waals surface area contributed by atoms with Gasteiger partial charge in [-0.3, -0.25) is 14.9 Å². The minimum atomic E-state index is -0.647. The highest BCUT2D eigenvalue weighted by Crippen LogP contribution is 2.15. The van der Waals surface area contributed by atoms with E-state index in [1.54, 1.807) is 6.20 Å². The zero-order valence-electron chi connectivity index (χ0n) is 9.94. The molecular formula is C11H14Br2N2O3. The predicted octanol–water partition coefficient (Wildman–Crippen LogP) is 3.33. The van der Waals surface area contributed by atoms with Crippen LogP contribution in [-0.4, -0.2) is 14.8 Å². The van der Waals surface area contributed by atoms with Gasteiger partial charge in [-0.1, -0.05) is 22.9 Å². The molecule has 0 amide bonds. The van der Waals surface area contributed by atoms with E-state index in [1.165, 1.54) is 10.6 Å². The Kier molecular flexibility index (Phi) is 6.01. The summed E-state index contributed by atoms with van der Waals surface area (Å²) in [6, 6.07) is 1.24. The van der Waals surface area contributed by atoms with E-state index in [2.05, 4.69) is 38.8 Å². The third kappa shape index (κ3) is 4.20. The highest BCUT2D eigenvalue weighted by Gasteiger charge is 2.16. The van der Waals surface area contributed by atoms with Gasteiger partial charge in [0.25, 0.3) is 0 Å². The second kappa shape index (κ2) is 7.04. The van der Waals surface area contributed by atoms with Crippen LogP contribution in [0.15, 0.2) is 21.5 Å². The Morgan fingerprint density at radius 1 is 1.50 bits per heavy atom. The largest absolute Gasteiger partial charge is 0.335 e. The minimum absolute atomic E-state index is 0.391. The topological polar surface area (TPSA) is 65.1 Å². The number of halogens is 2. The lowest BCUT2D eigenvalue weighted by atomic mass is 10.1. The summed E-state index contributed by atoms with van der Waals surface area (Å²) in [6.45, 7) is 2.59. The molecule has 5 nitrogen and oxygen atoms in total. The Morgan fingerprint density at radius 2 is 2.17 bits per heavy atom. The molecule has 0 saturated carbocycles. The van der Waals surface area contributed by atoms with Gasteiger partial charge in [0, 0.05) is 28.6 Å². The molecule has 0 fully saturated rings. The molecule has 1 atom stereocenters. The summed E-state index contributed by atoms with van der Waals surface area (Å²) in [5.41, 5.74) is -0.938. The van der Waals surface area contributed by atoms with E-state index in [9.17, 15) is 14.9 Å². The summed E-state index contributed by atoms with van der Waals surface area (Å²) in [6.07, 6.45) is 3.43. The minimum Gasteiger partial charge on any atom is -0.309 e. The normalized spacial score (nSPS) is 12.4. The summed E-state index contributed by atoms with van der Waals surface area (Å²) in [5, 5.41) is 11.7. The van der Waals surface area contributed by atoms with Crippen molar-refractivity contribution in [3.05, 3.63) is 37.2 Å². The molecule has 1 aromatic rings. The number of nitro groups is 1. The van der Waals surface area contributed by atoms with E-state index < -0.39 is 16.2 Å². The van der Waals surface area contributed by atoms with Gasteiger partial charge in [-0.2, -0.15) is 0 Å². The fourth-order valence-electron chi connectivity index (χ4n) is 1.57. The van der Waals surface area contributed by atoms with Gasteiger partial charge in [-0.15, -0.1) is 0 Å². The van der Waals surface area contributed by atoms with Crippen LogP contribution in [0.5, 0.6) is 0 Å². The lowest BCUT2D eigenvalue weighted by Gasteiger charge is -2.11. The van der Waals surface area contributed by atoms with Crippen molar-refractivity contribution in [3.8, 4) is 0 Å². The maximum absolute atomic E-state index is 11.8. The molecule has 0 aliphatic rings. The van der Waals surface area contributed by atoms with Crippen molar-refractivity contribution in [1.29, 1.82) is 0 Å². The fourth-order valence-corrected chi connectivity index (χ4v) is 2.82. The quantitative estimate of drug-likeness (QED) is 0.431. The second-order valence-corrected chi connectivity index (χ2v) is 5.88. The van der Waals surface area contributed by atoms with E-state index in [0.29, 0.717) is 16.9 Å². The highest BCUT2D eigenvalue weighted by atomic mass is 79.9. The Hall–Kier alpha value is -0.690. The number of aromatic nitrogens is 1. The standard InChI is InChI=1S/C11H14Br2N2O3/c1-8(2-4-12)3-5-14-7-9(13)6-10(11(14)16)15(17)18/h6-8H,2-5H2,1H3. The van der Waals surface area contributed by atoms with E-state index in [0.717, 1.165) is 18.2 Å². The summed E-state index contributed by atoms with van der Waals surface area (Å²) < 4.78 is 1.94. The molecule has 1 aromatic heterocycles. The zero-order chi connectivity index (χ0) is 13.7. The molecule has 18 heavy (non-hydrogen) atoms. The van der Waals surface area contributed by atoms with Crippen molar-refractivity contribution >= 4 is 37.5 Å². The monoisotopic (exact) mass is 380 g/mol. The van der Waals surface area contributed by atoms with Crippen LogP contribution >= 0.6 is 31.9 Å². The van der Waals surface area contributed by atoms with Crippen molar-refractivity contribution in [2.24, 2.45) is 5.92 Å². The summed E-state index contributed by atoms with van der Waals surface area (Å²) >= 11 is 6.55. The van der Waals surface area contributed by atoms with Gasteiger partial charge in [0.05, 0.1) is 4.92 Å². The third-order valence-electron chi connectivity index (χ3n) is 2.70. The summed E-state index contributed by atoms with van der Waals surface area (Å²) in [5.74, 6) is 0.467. The third-order valence-corrected chi connectivity index (χ3v) is 3.59. The first kappa shape index (κ1) is 15.4. The van der Waals surface area contributed by atoms with Crippen molar-refractivity contribution < 1.29 is 4.92 Å². The molecular weight excluding hydrogens is 368 g/mol. The number of pyridine rings is 1. The lowest BCUT2D eigenvalue weighted by molar-refractivity contribution is -0.386. The lowest BCUT2D eigenvalue weighted by Crippen LogP contribution is -2.23. The van der Waals surface area contributed by atoms with Gasteiger partial charge in [0.2, 0.25) is 0 Å². The average molecular weight is 382 g/mol. The molecule has 7 heteroatoms. The molecule has 100 valence electrons. The van der Waals surface area contributed by atoms with Gasteiger partial charge < -0.3 is 4.57 Å². The van der Waals surface area contributed by atoms with E-state index in [-0.39, 0.29) is 0 Å². The molecule has 1 rings (SSSR count). The predicted molar refractivity (Wildman–Crippen MR) is 77.2 cm³/mol. The molecule has 0 radical (unpaired) electrons. The van der Waals surface area contributed by atoms with Crippen LogP contribution in [0.2, 0.25) is 0 Å². The van der Waals surface area contributed by atoms with Gasteiger partial charge in [-0.25, -0.2) is 0 Å². The molecule has 0 aliphatic carbocycles. The van der Waals surface area contributed by atoms with Crippen LogP contribution in [0.3, 0.4) is 0 Å². The van der Waals surface area contributed by atoms with Crippen LogP contribution in [-0.2, 0) is 6.54 Å². The Bertz CT molecular complexity index is 488. The Labute approximate surface area is 122 Å². The van der Waals surface area contributed by atoms with Crippen LogP contribution < -0.4 is 5.56 Å². The number of rotatable bonds is 6. The van der Waals surface area contributed by atoms with Crippen molar-refractivity contribution in [2.45, 2.75) is 26.3 Å². The van der Waals surface area contributed by atoms with Crippen LogP contribution in [0.1, 0.15) is 19.8 Å². The first-order valence-electron chi connectivity index (χ1n) is 5.56. The molecule has 0 aromatic carbocycles. The van der Waals surface area contributed by atoms with Gasteiger partial charge in [0.15, 0.2) is 0 Å². The number of nitrogens with zero attached hydrogens (tertiary/aromatic N) is 2. The Balaban J connectivity index is 2.89. The van der Waals surface area contributed by atoms with Crippen molar-refractivity contribution in [1.82, 2.24) is 4.57 Å². The molecule has 0 bridgehead atoms. The number of hydrogen-bond acceptors (Lipinski definition) is 3. The molecule has 0 spiro atoms. The zero-order valence-corrected chi connectivity index (χ0v) is 13.1. The Morgan fingerprint density at radius 3 is 2.72 bits per heavy atom. The average Bonchev–Trinajstić information content (AvgIpc) is 2.30. The smallest absolute Gasteiger partial charge is 0.309 e.